The number of hydrogen-bond donors (Lipinski definition) is 1. The Morgan fingerprint density at radius 3 is 3.06 bits per heavy atom. The van der Waals surface area contributed by atoms with E-state index in [1.165, 1.54) is 5.56 Å². The van der Waals surface area contributed by atoms with Gasteiger partial charge in [0.1, 0.15) is 0 Å². The molecular weight excluding hydrogens is 294 g/mol. The van der Waals surface area contributed by atoms with E-state index in [1.54, 1.807) is 0 Å². The summed E-state index contributed by atoms with van der Waals surface area (Å²) in [5, 5.41) is 7.42. The van der Waals surface area contributed by atoms with Crippen molar-refractivity contribution in [1.82, 2.24) is 15.5 Å². The molecule has 0 bridgehead atoms. The summed E-state index contributed by atoms with van der Waals surface area (Å²) in [4.78, 5) is 4.48. The van der Waals surface area contributed by atoms with Gasteiger partial charge >= 0.3 is 0 Å². The molecule has 3 rings (SSSR count). The van der Waals surface area contributed by atoms with Crippen molar-refractivity contribution in [2.24, 2.45) is 0 Å². The second-order valence-corrected chi connectivity index (χ2v) is 5.44. The molecule has 18 heavy (non-hydrogen) atoms. The van der Waals surface area contributed by atoms with Gasteiger partial charge in [-0.2, -0.15) is 4.98 Å². The zero-order valence-corrected chi connectivity index (χ0v) is 11.7. The predicted octanol–water partition coefficient (Wildman–Crippen LogP) is 3.23. The summed E-state index contributed by atoms with van der Waals surface area (Å²) in [6.07, 6.45) is 2.23. The van der Waals surface area contributed by atoms with Gasteiger partial charge in [-0.15, -0.1) is 0 Å². The standard InChI is InChI=1S/C13H14BrN3O/c1-8-4-5-9(10(14)7-8)12-16-13(18-17-12)11-3-2-6-15-11/h4-5,7,11,15H,2-3,6H2,1H3/t11-/m0/s1. The molecule has 1 saturated heterocycles. The summed E-state index contributed by atoms with van der Waals surface area (Å²) in [6, 6.07) is 6.33. The molecule has 4 nitrogen and oxygen atoms in total. The fourth-order valence-corrected chi connectivity index (χ4v) is 2.85. The minimum Gasteiger partial charge on any atom is -0.337 e. The first kappa shape index (κ1) is 11.9. The highest BCUT2D eigenvalue weighted by Crippen LogP contribution is 2.29. The molecule has 0 amide bonds. The van der Waals surface area contributed by atoms with Crippen molar-refractivity contribution in [3.05, 3.63) is 34.1 Å². The number of halogens is 1. The Labute approximate surface area is 114 Å². The van der Waals surface area contributed by atoms with Gasteiger partial charge in [0.15, 0.2) is 0 Å². The summed E-state index contributed by atoms with van der Waals surface area (Å²) < 4.78 is 6.34. The van der Waals surface area contributed by atoms with Crippen molar-refractivity contribution >= 4 is 15.9 Å². The first-order chi connectivity index (χ1) is 8.74. The van der Waals surface area contributed by atoms with Crippen LogP contribution in [0.3, 0.4) is 0 Å². The van der Waals surface area contributed by atoms with Gasteiger partial charge in [-0.1, -0.05) is 27.2 Å². The van der Waals surface area contributed by atoms with E-state index < -0.39 is 0 Å². The van der Waals surface area contributed by atoms with E-state index in [4.69, 9.17) is 4.52 Å². The van der Waals surface area contributed by atoms with Gasteiger partial charge in [0.05, 0.1) is 6.04 Å². The molecule has 0 unspecified atom stereocenters. The molecule has 1 aromatic carbocycles. The van der Waals surface area contributed by atoms with Gasteiger partial charge in [0, 0.05) is 10.0 Å². The smallest absolute Gasteiger partial charge is 0.244 e. The van der Waals surface area contributed by atoms with Crippen LogP contribution in [0.1, 0.15) is 30.3 Å². The van der Waals surface area contributed by atoms with Gasteiger partial charge in [-0.25, -0.2) is 0 Å². The highest BCUT2D eigenvalue weighted by Gasteiger charge is 2.23. The maximum atomic E-state index is 5.34. The van der Waals surface area contributed by atoms with Crippen LogP contribution in [-0.2, 0) is 0 Å². The molecule has 1 fully saturated rings. The third kappa shape index (κ3) is 2.20. The average Bonchev–Trinajstić information content (AvgIpc) is 2.99. The average molecular weight is 308 g/mol. The van der Waals surface area contributed by atoms with Crippen LogP contribution in [0.25, 0.3) is 11.4 Å². The summed E-state index contributed by atoms with van der Waals surface area (Å²) in [5.74, 6) is 1.33. The third-order valence-electron chi connectivity index (χ3n) is 3.17. The van der Waals surface area contributed by atoms with E-state index in [9.17, 15) is 0 Å². The van der Waals surface area contributed by atoms with E-state index in [0.717, 1.165) is 29.4 Å². The van der Waals surface area contributed by atoms with Crippen molar-refractivity contribution in [2.45, 2.75) is 25.8 Å². The monoisotopic (exact) mass is 307 g/mol. The molecular formula is C13H14BrN3O. The summed E-state index contributed by atoms with van der Waals surface area (Å²) in [5.41, 5.74) is 2.17. The first-order valence-corrected chi connectivity index (χ1v) is 6.87. The molecule has 2 heterocycles. The Hall–Kier alpha value is -1.20. The summed E-state index contributed by atoms with van der Waals surface area (Å²) in [7, 11) is 0. The molecule has 0 spiro atoms. The molecule has 1 atom stereocenters. The molecule has 0 saturated carbocycles. The number of aromatic nitrogens is 2. The number of hydrogen-bond acceptors (Lipinski definition) is 4. The second-order valence-electron chi connectivity index (χ2n) is 4.59. The lowest BCUT2D eigenvalue weighted by Gasteiger charge is -2.02. The van der Waals surface area contributed by atoms with Crippen LogP contribution < -0.4 is 5.32 Å². The second kappa shape index (κ2) is 4.82. The zero-order chi connectivity index (χ0) is 12.5. The van der Waals surface area contributed by atoms with Crippen LogP contribution in [0, 0.1) is 6.92 Å². The van der Waals surface area contributed by atoms with Crippen LogP contribution in [0.5, 0.6) is 0 Å². The lowest BCUT2D eigenvalue weighted by Crippen LogP contribution is -2.12. The SMILES string of the molecule is Cc1ccc(-c2noc([C@@H]3CCCN3)n2)c(Br)c1. The van der Waals surface area contributed by atoms with Gasteiger partial charge in [0.25, 0.3) is 0 Å². The Bertz CT molecular complexity index is 561. The molecule has 2 aromatic rings. The minimum atomic E-state index is 0.218. The Kier molecular flexibility index (Phi) is 3.18. The number of aryl methyl sites for hydroxylation is 1. The molecule has 1 aromatic heterocycles. The number of nitrogens with zero attached hydrogens (tertiary/aromatic N) is 2. The van der Waals surface area contributed by atoms with Crippen molar-refractivity contribution < 1.29 is 4.52 Å². The summed E-state index contributed by atoms with van der Waals surface area (Å²) in [6.45, 7) is 3.08. The van der Waals surface area contributed by atoms with Crippen LogP contribution in [-0.4, -0.2) is 16.7 Å². The van der Waals surface area contributed by atoms with Gasteiger partial charge in [-0.3, -0.25) is 0 Å². The molecule has 94 valence electrons. The van der Waals surface area contributed by atoms with E-state index in [2.05, 4.69) is 44.4 Å². The maximum absolute atomic E-state index is 5.34. The quantitative estimate of drug-likeness (QED) is 0.925. The van der Waals surface area contributed by atoms with Crippen molar-refractivity contribution in [3.63, 3.8) is 0 Å². The highest BCUT2D eigenvalue weighted by atomic mass is 79.9. The molecule has 5 heteroatoms. The van der Waals surface area contributed by atoms with Gasteiger partial charge in [0.2, 0.25) is 11.7 Å². The van der Waals surface area contributed by atoms with Crippen LogP contribution in [0.15, 0.2) is 27.2 Å². The topological polar surface area (TPSA) is 51.0 Å². The normalized spacial score (nSPS) is 19.3. The van der Waals surface area contributed by atoms with Gasteiger partial charge in [-0.05, 0) is 44.0 Å². The number of benzene rings is 1. The zero-order valence-electron chi connectivity index (χ0n) is 10.1. The molecule has 0 radical (unpaired) electrons. The predicted molar refractivity (Wildman–Crippen MR) is 72.1 cm³/mol. The molecule has 1 aliphatic heterocycles. The Morgan fingerprint density at radius 2 is 2.33 bits per heavy atom. The first-order valence-electron chi connectivity index (χ1n) is 6.07. The molecule has 0 aliphatic carbocycles. The lowest BCUT2D eigenvalue weighted by atomic mass is 10.1. The molecule has 1 N–H and O–H groups in total. The van der Waals surface area contributed by atoms with E-state index in [0.29, 0.717) is 11.7 Å². The Morgan fingerprint density at radius 1 is 1.44 bits per heavy atom. The van der Waals surface area contributed by atoms with Crippen LogP contribution >= 0.6 is 15.9 Å². The maximum Gasteiger partial charge on any atom is 0.244 e. The van der Waals surface area contributed by atoms with E-state index in [1.807, 2.05) is 12.1 Å². The number of nitrogens with one attached hydrogen (secondary N) is 1. The fourth-order valence-electron chi connectivity index (χ4n) is 2.18. The largest absolute Gasteiger partial charge is 0.337 e. The summed E-state index contributed by atoms with van der Waals surface area (Å²) >= 11 is 3.54. The van der Waals surface area contributed by atoms with Crippen molar-refractivity contribution in [1.29, 1.82) is 0 Å². The minimum absolute atomic E-state index is 0.218. The lowest BCUT2D eigenvalue weighted by molar-refractivity contribution is 0.345. The van der Waals surface area contributed by atoms with Crippen LogP contribution in [0.2, 0.25) is 0 Å². The van der Waals surface area contributed by atoms with Crippen molar-refractivity contribution in [2.75, 3.05) is 6.54 Å². The van der Waals surface area contributed by atoms with Crippen molar-refractivity contribution in [3.8, 4) is 11.4 Å². The third-order valence-corrected chi connectivity index (χ3v) is 3.82. The fraction of sp³-hybridized carbons (Fsp3) is 0.385. The Balaban J connectivity index is 1.92. The highest BCUT2D eigenvalue weighted by molar-refractivity contribution is 9.10. The van der Waals surface area contributed by atoms with E-state index >= 15 is 0 Å². The van der Waals surface area contributed by atoms with Crippen LogP contribution in [0.4, 0.5) is 0 Å². The number of rotatable bonds is 2. The van der Waals surface area contributed by atoms with E-state index in [-0.39, 0.29) is 6.04 Å². The molecule has 1 aliphatic rings. The van der Waals surface area contributed by atoms with Gasteiger partial charge < -0.3 is 9.84 Å².